The Morgan fingerprint density at radius 1 is 1.26 bits per heavy atom. The summed E-state index contributed by atoms with van der Waals surface area (Å²) in [6, 6.07) is 8.35. The summed E-state index contributed by atoms with van der Waals surface area (Å²) in [5.41, 5.74) is 8.81. The van der Waals surface area contributed by atoms with Crippen LogP contribution in [-0.2, 0) is 0 Å². The van der Waals surface area contributed by atoms with Crippen LogP contribution in [-0.4, -0.2) is 10.1 Å². The van der Waals surface area contributed by atoms with Crippen LogP contribution in [0.15, 0.2) is 34.7 Å². The van der Waals surface area contributed by atoms with E-state index in [9.17, 15) is 5.11 Å². The molecule has 0 aliphatic rings. The number of aromatic nitrogens is 1. The molecule has 0 saturated heterocycles. The highest BCUT2D eigenvalue weighted by Crippen LogP contribution is 2.34. The lowest BCUT2D eigenvalue weighted by molar-refractivity contribution is 0.474. The summed E-state index contributed by atoms with van der Waals surface area (Å²) in [4.78, 5) is 4.34. The molecule has 0 aliphatic carbocycles. The van der Waals surface area contributed by atoms with Crippen molar-refractivity contribution in [2.24, 2.45) is 0 Å². The Morgan fingerprint density at radius 2 is 2.05 bits per heavy atom. The third kappa shape index (κ3) is 2.00. The Bertz CT molecular complexity index is 780. The maximum absolute atomic E-state index is 9.89. The number of hydrogen-bond donors (Lipinski definition) is 2. The molecule has 0 bridgehead atoms. The first-order valence-electron chi connectivity index (χ1n) is 5.70. The number of phenolic OH excluding ortho intramolecular Hbond substituents is 1. The topological polar surface area (TPSA) is 72.3 Å². The molecule has 1 aromatic heterocycles. The van der Waals surface area contributed by atoms with E-state index in [-0.39, 0.29) is 5.75 Å². The largest absolute Gasteiger partial charge is 0.507 e. The third-order valence-electron chi connectivity index (χ3n) is 2.89. The molecule has 3 N–H and O–H groups in total. The number of halogens is 1. The second-order valence-electron chi connectivity index (χ2n) is 4.37. The lowest BCUT2D eigenvalue weighted by Crippen LogP contribution is -1.85. The molecule has 5 heteroatoms. The smallest absolute Gasteiger partial charge is 0.231 e. The van der Waals surface area contributed by atoms with Crippen LogP contribution in [0, 0.1) is 6.92 Å². The summed E-state index contributed by atoms with van der Waals surface area (Å²) in [5.74, 6) is 0.383. The lowest BCUT2D eigenvalue weighted by Gasteiger charge is -2.00. The molecule has 19 heavy (non-hydrogen) atoms. The van der Waals surface area contributed by atoms with E-state index in [1.807, 2.05) is 13.0 Å². The molecular weight excluding hydrogens is 264 g/mol. The van der Waals surface area contributed by atoms with Crippen LogP contribution in [0.2, 0.25) is 5.02 Å². The average molecular weight is 275 g/mol. The van der Waals surface area contributed by atoms with Crippen molar-refractivity contribution in [3.05, 3.63) is 40.9 Å². The highest BCUT2D eigenvalue weighted by molar-refractivity contribution is 6.31. The predicted octanol–water partition coefficient (Wildman–Crippen LogP) is 3.74. The quantitative estimate of drug-likeness (QED) is 0.663. The summed E-state index contributed by atoms with van der Waals surface area (Å²) in [6.07, 6.45) is 0. The molecule has 4 nitrogen and oxygen atoms in total. The fourth-order valence-corrected chi connectivity index (χ4v) is 2.27. The van der Waals surface area contributed by atoms with Gasteiger partial charge in [-0.2, -0.15) is 0 Å². The molecule has 3 rings (SSSR count). The SMILES string of the molecule is Cc1cc(Cl)cc2nc(-c3ccc(N)cc3O)oc12. The fraction of sp³-hybridized carbons (Fsp3) is 0.0714. The number of oxazole rings is 1. The van der Waals surface area contributed by atoms with Crippen LogP contribution < -0.4 is 5.73 Å². The van der Waals surface area contributed by atoms with E-state index in [4.69, 9.17) is 21.8 Å². The minimum Gasteiger partial charge on any atom is -0.507 e. The van der Waals surface area contributed by atoms with Gasteiger partial charge in [0.15, 0.2) is 5.58 Å². The van der Waals surface area contributed by atoms with Crippen molar-refractivity contribution >= 4 is 28.4 Å². The molecule has 96 valence electrons. The Hall–Kier alpha value is -2.20. The summed E-state index contributed by atoms with van der Waals surface area (Å²) in [6.45, 7) is 1.89. The first kappa shape index (κ1) is 11.9. The van der Waals surface area contributed by atoms with E-state index >= 15 is 0 Å². The maximum atomic E-state index is 9.89. The van der Waals surface area contributed by atoms with Crippen LogP contribution in [0.25, 0.3) is 22.6 Å². The van der Waals surface area contributed by atoms with Gasteiger partial charge >= 0.3 is 0 Å². The zero-order chi connectivity index (χ0) is 13.6. The first-order valence-corrected chi connectivity index (χ1v) is 6.08. The molecule has 2 aromatic carbocycles. The second kappa shape index (κ2) is 4.17. The number of benzene rings is 2. The third-order valence-corrected chi connectivity index (χ3v) is 3.11. The summed E-state index contributed by atoms with van der Waals surface area (Å²) in [7, 11) is 0. The molecule has 0 unspecified atom stereocenters. The number of nitrogen functional groups attached to an aromatic ring is 1. The van der Waals surface area contributed by atoms with E-state index in [1.165, 1.54) is 6.07 Å². The van der Waals surface area contributed by atoms with Gasteiger partial charge in [0, 0.05) is 16.8 Å². The van der Waals surface area contributed by atoms with Crippen LogP contribution in [0.1, 0.15) is 5.56 Å². The first-order chi connectivity index (χ1) is 9.04. The molecule has 0 saturated carbocycles. The van der Waals surface area contributed by atoms with Gasteiger partial charge in [-0.05, 0) is 36.8 Å². The zero-order valence-corrected chi connectivity index (χ0v) is 10.9. The normalized spacial score (nSPS) is 11.1. The van der Waals surface area contributed by atoms with E-state index < -0.39 is 0 Å². The molecule has 0 spiro atoms. The minimum atomic E-state index is 0.0373. The van der Waals surface area contributed by atoms with Crippen molar-refractivity contribution in [2.45, 2.75) is 6.92 Å². The van der Waals surface area contributed by atoms with E-state index in [0.29, 0.717) is 33.3 Å². The van der Waals surface area contributed by atoms with Crippen LogP contribution >= 0.6 is 11.6 Å². The average Bonchev–Trinajstić information content (AvgIpc) is 2.72. The summed E-state index contributed by atoms with van der Waals surface area (Å²) >= 11 is 5.98. The van der Waals surface area contributed by atoms with E-state index in [1.54, 1.807) is 18.2 Å². The number of phenols is 1. The standard InChI is InChI=1S/C14H11ClN2O2/c1-7-4-8(15)5-11-13(7)19-14(17-11)10-3-2-9(16)6-12(10)18/h2-6,18H,16H2,1H3. The number of aryl methyl sites for hydroxylation is 1. The number of rotatable bonds is 1. The van der Waals surface area contributed by atoms with Gasteiger partial charge in [0.1, 0.15) is 11.3 Å². The van der Waals surface area contributed by atoms with Gasteiger partial charge in [-0.1, -0.05) is 11.6 Å². The molecule has 0 radical (unpaired) electrons. The Balaban J connectivity index is 2.23. The second-order valence-corrected chi connectivity index (χ2v) is 4.80. The molecule has 0 amide bonds. The molecule has 1 heterocycles. The number of nitrogens with two attached hydrogens (primary N) is 1. The lowest BCUT2D eigenvalue weighted by atomic mass is 10.2. The summed E-state index contributed by atoms with van der Waals surface area (Å²) < 4.78 is 5.69. The molecular formula is C14H11ClN2O2. The van der Waals surface area contributed by atoms with Gasteiger partial charge in [0.2, 0.25) is 5.89 Å². The van der Waals surface area contributed by atoms with Gasteiger partial charge in [-0.3, -0.25) is 0 Å². The van der Waals surface area contributed by atoms with Crippen molar-refractivity contribution < 1.29 is 9.52 Å². The predicted molar refractivity (Wildman–Crippen MR) is 75.3 cm³/mol. The van der Waals surface area contributed by atoms with Crippen molar-refractivity contribution in [1.29, 1.82) is 0 Å². The Kier molecular flexibility index (Phi) is 2.61. The summed E-state index contributed by atoms with van der Waals surface area (Å²) in [5, 5.41) is 10.5. The zero-order valence-electron chi connectivity index (χ0n) is 10.1. The monoisotopic (exact) mass is 274 g/mol. The molecule has 0 aliphatic heterocycles. The Morgan fingerprint density at radius 3 is 2.79 bits per heavy atom. The number of nitrogens with zero attached hydrogens (tertiary/aromatic N) is 1. The van der Waals surface area contributed by atoms with Crippen molar-refractivity contribution in [3.8, 4) is 17.2 Å². The van der Waals surface area contributed by atoms with Crippen LogP contribution in [0.4, 0.5) is 5.69 Å². The number of anilines is 1. The van der Waals surface area contributed by atoms with Gasteiger partial charge in [-0.25, -0.2) is 4.98 Å². The van der Waals surface area contributed by atoms with E-state index in [2.05, 4.69) is 4.98 Å². The fourth-order valence-electron chi connectivity index (χ4n) is 2.00. The number of fused-ring (bicyclic) bond motifs is 1. The van der Waals surface area contributed by atoms with Gasteiger partial charge in [0.05, 0.1) is 5.56 Å². The highest BCUT2D eigenvalue weighted by Gasteiger charge is 2.14. The van der Waals surface area contributed by atoms with Gasteiger partial charge < -0.3 is 15.3 Å². The van der Waals surface area contributed by atoms with Crippen molar-refractivity contribution in [2.75, 3.05) is 5.73 Å². The van der Waals surface area contributed by atoms with Crippen molar-refractivity contribution in [3.63, 3.8) is 0 Å². The molecule has 0 atom stereocenters. The number of aromatic hydroxyl groups is 1. The maximum Gasteiger partial charge on any atom is 0.231 e. The highest BCUT2D eigenvalue weighted by atomic mass is 35.5. The minimum absolute atomic E-state index is 0.0373. The van der Waals surface area contributed by atoms with Gasteiger partial charge in [-0.15, -0.1) is 0 Å². The van der Waals surface area contributed by atoms with Crippen LogP contribution in [0.5, 0.6) is 5.75 Å². The van der Waals surface area contributed by atoms with Crippen molar-refractivity contribution in [1.82, 2.24) is 4.98 Å². The van der Waals surface area contributed by atoms with E-state index in [0.717, 1.165) is 5.56 Å². The molecule has 3 aromatic rings. The molecule has 0 fully saturated rings. The van der Waals surface area contributed by atoms with Gasteiger partial charge in [0.25, 0.3) is 0 Å². The Labute approximate surface area is 114 Å². The van der Waals surface area contributed by atoms with Crippen LogP contribution in [0.3, 0.4) is 0 Å². The number of hydrogen-bond acceptors (Lipinski definition) is 4.